The van der Waals surface area contributed by atoms with Crippen LogP contribution in [0, 0.1) is 5.92 Å². The maximum atomic E-state index is 12.7. The molecule has 7 nitrogen and oxygen atoms in total. The molecule has 0 saturated carbocycles. The molecule has 1 heterocycles. The Morgan fingerprint density at radius 2 is 1.69 bits per heavy atom. The van der Waals surface area contributed by atoms with Crippen molar-refractivity contribution in [2.24, 2.45) is 11.7 Å². The zero-order chi connectivity index (χ0) is 19.3. The molecule has 0 aliphatic heterocycles. The van der Waals surface area contributed by atoms with Gasteiger partial charge in [-0.25, -0.2) is 4.79 Å². The van der Waals surface area contributed by atoms with Crippen molar-refractivity contribution in [1.82, 2.24) is 14.5 Å². The van der Waals surface area contributed by atoms with Crippen LogP contribution in [0.15, 0.2) is 29.1 Å². The Morgan fingerprint density at radius 1 is 1.12 bits per heavy atom. The summed E-state index contributed by atoms with van der Waals surface area (Å²) in [5, 5.41) is 2.70. The van der Waals surface area contributed by atoms with Crippen molar-refractivity contribution in [2.45, 2.75) is 59.2 Å². The quantitative estimate of drug-likeness (QED) is 0.711. The highest BCUT2D eigenvalue weighted by Gasteiger charge is 2.23. The largest absolute Gasteiger partial charge is 0.368 e. The number of hydrogen-bond acceptors (Lipinski definition) is 3. The Labute approximate surface area is 153 Å². The second kappa shape index (κ2) is 8.69. The summed E-state index contributed by atoms with van der Waals surface area (Å²) in [6.07, 6.45) is 1.70. The van der Waals surface area contributed by atoms with Crippen LogP contribution in [0.5, 0.6) is 0 Å². The fourth-order valence-electron chi connectivity index (χ4n) is 3.12. The Kier molecular flexibility index (Phi) is 6.60. The fraction of sp³-hybridized carbons (Fsp3) is 0.526. The molecule has 142 valence electrons. The number of nitrogens with zero attached hydrogens (tertiary/aromatic N) is 2. The van der Waals surface area contributed by atoms with E-state index in [9.17, 15) is 14.4 Å². The lowest BCUT2D eigenvalue weighted by atomic mass is 9.98. The molecule has 0 aliphatic rings. The van der Waals surface area contributed by atoms with Crippen LogP contribution in [0.1, 0.15) is 40.0 Å². The third kappa shape index (κ3) is 4.15. The molecule has 0 spiro atoms. The van der Waals surface area contributed by atoms with Gasteiger partial charge in [0.05, 0.1) is 11.0 Å². The van der Waals surface area contributed by atoms with Crippen molar-refractivity contribution in [1.29, 1.82) is 0 Å². The van der Waals surface area contributed by atoms with Crippen LogP contribution < -0.4 is 16.7 Å². The summed E-state index contributed by atoms with van der Waals surface area (Å²) in [6.45, 7) is 6.72. The number of fused-ring (bicyclic) bond motifs is 1. The van der Waals surface area contributed by atoms with Crippen molar-refractivity contribution >= 4 is 22.8 Å². The fourth-order valence-corrected chi connectivity index (χ4v) is 3.12. The highest BCUT2D eigenvalue weighted by atomic mass is 16.2. The van der Waals surface area contributed by atoms with Gasteiger partial charge in [0, 0.05) is 19.5 Å². The molecule has 1 aromatic carbocycles. The molecule has 2 amide bonds. The van der Waals surface area contributed by atoms with E-state index in [2.05, 4.69) is 5.32 Å². The first-order chi connectivity index (χ1) is 12.4. The SMILES string of the molecule is CCCn1c(=O)n(CCC(=O)NC(C(N)=O)C(C)CC)c2ccccc21. The molecule has 0 saturated heterocycles. The van der Waals surface area contributed by atoms with Gasteiger partial charge in [0.25, 0.3) is 0 Å². The van der Waals surface area contributed by atoms with Crippen molar-refractivity contribution < 1.29 is 9.59 Å². The molecule has 0 bridgehead atoms. The summed E-state index contributed by atoms with van der Waals surface area (Å²) in [5.41, 5.74) is 6.96. The molecule has 26 heavy (non-hydrogen) atoms. The van der Waals surface area contributed by atoms with Crippen molar-refractivity contribution in [3.05, 3.63) is 34.7 Å². The molecule has 0 aliphatic carbocycles. The van der Waals surface area contributed by atoms with Gasteiger partial charge in [-0.2, -0.15) is 0 Å². The number of rotatable bonds is 9. The van der Waals surface area contributed by atoms with Gasteiger partial charge in [-0.05, 0) is 24.5 Å². The smallest absolute Gasteiger partial charge is 0.329 e. The maximum Gasteiger partial charge on any atom is 0.329 e. The lowest BCUT2D eigenvalue weighted by molar-refractivity contribution is -0.128. The molecule has 2 rings (SSSR count). The first kappa shape index (κ1) is 19.8. The molecule has 0 radical (unpaired) electrons. The standard InChI is InChI=1S/C19H28N4O3/c1-4-11-22-14-8-6-7-9-15(14)23(19(22)26)12-10-16(24)21-17(18(20)25)13(3)5-2/h6-9,13,17H,4-5,10-12H2,1-3H3,(H2,20,25)(H,21,24). The van der Waals surface area contributed by atoms with Crippen molar-refractivity contribution in [3.63, 3.8) is 0 Å². The minimum atomic E-state index is -0.689. The van der Waals surface area contributed by atoms with E-state index in [0.29, 0.717) is 6.54 Å². The van der Waals surface area contributed by atoms with Crippen LogP contribution in [0.25, 0.3) is 11.0 Å². The first-order valence-corrected chi connectivity index (χ1v) is 9.17. The van der Waals surface area contributed by atoms with E-state index in [1.54, 1.807) is 9.13 Å². The number of aromatic nitrogens is 2. The van der Waals surface area contributed by atoms with Gasteiger partial charge in [0.2, 0.25) is 11.8 Å². The van der Waals surface area contributed by atoms with Crippen LogP contribution in [0.3, 0.4) is 0 Å². The number of para-hydroxylation sites is 2. The maximum absolute atomic E-state index is 12.7. The zero-order valence-electron chi connectivity index (χ0n) is 15.7. The van der Waals surface area contributed by atoms with Crippen molar-refractivity contribution in [3.8, 4) is 0 Å². The number of nitrogens with one attached hydrogen (secondary N) is 1. The van der Waals surface area contributed by atoms with E-state index in [0.717, 1.165) is 23.9 Å². The second-order valence-electron chi connectivity index (χ2n) is 6.66. The normalized spacial score (nSPS) is 13.5. The number of primary amides is 1. The van der Waals surface area contributed by atoms with Crippen LogP contribution >= 0.6 is 0 Å². The van der Waals surface area contributed by atoms with Gasteiger partial charge in [-0.15, -0.1) is 0 Å². The van der Waals surface area contributed by atoms with E-state index >= 15 is 0 Å². The third-order valence-corrected chi connectivity index (χ3v) is 4.77. The monoisotopic (exact) mass is 360 g/mol. The second-order valence-corrected chi connectivity index (χ2v) is 6.66. The Bertz CT molecular complexity index is 837. The highest BCUT2D eigenvalue weighted by molar-refractivity contribution is 5.86. The molecule has 7 heteroatoms. The summed E-state index contributed by atoms with van der Waals surface area (Å²) < 4.78 is 3.35. The summed E-state index contributed by atoms with van der Waals surface area (Å²) >= 11 is 0. The summed E-state index contributed by atoms with van der Waals surface area (Å²) in [4.78, 5) is 36.5. The molecule has 2 unspecified atom stereocenters. The number of hydrogen-bond donors (Lipinski definition) is 2. The molecular formula is C19H28N4O3. The van der Waals surface area contributed by atoms with E-state index in [1.165, 1.54) is 0 Å². The molecule has 3 N–H and O–H groups in total. The van der Waals surface area contributed by atoms with E-state index in [-0.39, 0.29) is 30.5 Å². The van der Waals surface area contributed by atoms with Gasteiger partial charge in [0.1, 0.15) is 6.04 Å². The first-order valence-electron chi connectivity index (χ1n) is 9.17. The van der Waals surface area contributed by atoms with Gasteiger partial charge in [-0.3, -0.25) is 18.7 Å². The number of aryl methyl sites for hydroxylation is 2. The zero-order valence-corrected chi connectivity index (χ0v) is 15.7. The van der Waals surface area contributed by atoms with E-state index in [1.807, 2.05) is 45.0 Å². The van der Waals surface area contributed by atoms with Crippen LogP contribution in [-0.2, 0) is 22.7 Å². The number of nitrogens with two attached hydrogens (primary N) is 1. The van der Waals surface area contributed by atoms with Crippen LogP contribution in [0.2, 0.25) is 0 Å². The average molecular weight is 360 g/mol. The van der Waals surface area contributed by atoms with Crippen LogP contribution in [0.4, 0.5) is 0 Å². The van der Waals surface area contributed by atoms with Gasteiger partial charge < -0.3 is 11.1 Å². The number of carbonyl (C=O) groups excluding carboxylic acids is 2. The summed E-state index contributed by atoms with van der Waals surface area (Å²) in [5.74, 6) is -0.858. The topological polar surface area (TPSA) is 99.1 Å². The summed E-state index contributed by atoms with van der Waals surface area (Å²) in [7, 11) is 0. The van der Waals surface area contributed by atoms with Crippen molar-refractivity contribution in [2.75, 3.05) is 0 Å². The predicted octanol–water partition coefficient (Wildman–Crippen LogP) is 1.62. The Morgan fingerprint density at radius 3 is 2.19 bits per heavy atom. The number of benzene rings is 1. The molecular weight excluding hydrogens is 332 g/mol. The highest BCUT2D eigenvalue weighted by Crippen LogP contribution is 2.14. The molecule has 2 atom stereocenters. The van der Waals surface area contributed by atoms with Crippen LogP contribution in [-0.4, -0.2) is 27.0 Å². The lowest BCUT2D eigenvalue weighted by Gasteiger charge is -2.21. The Hall–Kier alpha value is -2.57. The molecule has 1 aromatic heterocycles. The van der Waals surface area contributed by atoms with Gasteiger partial charge in [-0.1, -0.05) is 39.3 Å². The minimum Gasteiger partial charge on any atom is -0.368 e. The number of imidazole rings is 1. The Balaban J connectivity index is 2.17. The lowest BCUT2D eigenvalue weighted by Crippen LogP contribution is -2.48. The van der Waals surface area contributed by atoms with Gasteiger partial charge in [0.15, 0.2) is 0 Å². The third-order valence-electron chi connectivity index (χ3n) is 4.77. The minimum absolute atomic E-state index is 0.0364. The molecule has 2 aromatic rings. The number of carbonyl (C=O) groups is 2. The summed E-state index contributed by atoms with van der Waals surface area (Å²) in [6, 6.07) is 6.88. The molecule has 0 fully saturated rings. The van der Waals surface area contributed by atoms with Gasteiger partial charge >= 0.3 is 5.69 Å². The predicted molar refractivity (Wildman–Crippen MR) is 102 cm³/mol. The van der Waals surface area contributed by atoms with E-state index < -0.39 is 11.9 Å². The number of amides is 2. The van der Waals surface area contributed by atoms with E-state index in [4.69, 9.17) is 5.73 Å². The average Bonchev–Trinajstić information content (AvgIpc) is 2.89.